The van der Waals surface area contributed by atoms with Crippen LogP contribution >= 0.6 is 22.9 Å². The minimum atomic E-state index is 0.671. The maximum Gasteiger partial charge on any atom is 0.160 e. The molecule has 1 aliphatic rings. The average molecular weight is 335 g/mol. The summed E-state index contributed by atoms with van der Waals surface area (Å²) in [5.74, 6) is 0.671. The molecule has 116 valence electrons. The van der Waals surface area contributed by atoms with Crippen molar-refractivity contribution >= 4 is 29.2 Å². The molecule has 1 aliphatic heterocycles. The number of carbonyl (C=O) groups is 1. The van der Waals surface area contributed by atoms with Crippen LogP contribution in [0.4, 0.5) is 0 Å². The van der Waals surface area contributed by atoms with Crippen molar-refractivity contribution in [1.29, 1.82) is 0 Å². The summed E-state index contributed by atoms with van der Waals surface area (Å²) in [6.45, 7) is 1.72. The van der Waals surface area contributed by atoms with Crippen molar-refractivity contribution in [1.82, 2.24) is 0 Å². The number of thiophene rings is 1. The van der Waals surface area contributed by atoms with Gasteiger partial charge in [0, 0.05) is 23.1 Å². The van der Waals surface area contributed by atoms with Crippen LogP contribution in [-0.2, 0) is 17.6 Å². The standard InChI is InChI=1S/C18H19ClO2S/c19-16-3-1-2-14(9-16)8-15-11-17(12-20)22-18(15)10-13-4-6-21-7-5-13/h1-3,9,11-13H,4-8,10H2. The fraction of sp³-hybridized carbons (Fsp3) is 0.389. The fourth-order valence-electron chi connectivity index (χ4n) is 2.95. The number of ether oxygens (including phenoxy) is 1. The Morgan fingerprint density at radius 1 is 1.27 bits per heavy atom. The third-order valence-electron chi connectivity index (χ3n) is 4.13. The summed E-state index contributed by atoms with van der Waals surface area (Å²) >= 11 is 7.71. The largest absolute Gasteiger partial charge is 0.381 e. The summed E-state index contributed by atoms with van der Waals surface area (Å²) in [5.41, 5.74) is 2.46. The molecule has 0 radical (unpaired) electrons. The lowest BCUT2D eigenvalue weighted by atomic mass is 9.93. The van der Waals surface area contributed by atoms with Crippen LogP contribution in [0.3, 0.4) is 0 Å². The van der Waals surface area contributed by atoms with Gasteiger partial charge in [-0.1, -0.05) is 23.7 Å². The SMILES string of the molecule is O=Cc1cc(Cc2cccc(Cl)c2)c(CC2CCOCC2)s1. The van der Waals surface area contributed by atoms with Crippen LogP contribution in [0.2, 0.25) is 5.02 Å². The molecule has 0 atom stereocenters. The second-order valence-electron chi connectivity index (χ2n) is 5.78. The second-order valence-corrected chi connectivity index (χ2v) is 7.39. The zero-order valence-electron chi connectivity index (χ0n) is 12.4. The van der Waals surface area contributed by atoms with Gasteiger partial charge in [-0.25, -0.2) is 0 Å². The summed E-state index contributed by atoms with van der Waals surface area (Å²) in [6, 6.07) is 9.98. The lowest BCUT2D eigenvalue weighted by molar-refractivity contribution is 0.0667. The van der Waals surface area contributed by atoms with Gasteiger partial charge in [0.25, 0.3) is 0 Å². The molecule has 2 heterocycles. The van der Waals surface area contributed by atoms with Gasteiger partial charge in [0.15, 0.2) is 6.29 Å². The van der Waals surface area contributed by atoms with Gasteiger partial charge >= 0.3 is 0 Å². The molecule has 0 spiro atoms. The van der Waals surface area contributed by atoms with Crippen molar-refractivity contribution in [2.45, 2.75) is 25.7 Å². The molecule has 1 fully saturated rings. The van der Waals surface area contributed by atoms with Gasteiger partial charge in [-0.2, -0.15) is 0 Å². The molecule has 0 bridgehead atoms. The molecule has 22 heavy (non-hydrogen) atoms. The van der Waals surface area contributed by atoms with E-state index >= 15 is 0 Å². The summed E-state index contributed by atoms with van der Waals surface area (Å²) in [5, 5.41) is 0.759. The van der Waals surface area contributed by atoms with Gasteiger partial charge in [-0.05, 0) is 60.9 Å². The minimum absolute atomic E-state index is 0.671. The molecular weight excluding hydrogens is 316 g/mol. The fourth-order valence-corrected chi connectivity index (χ4v) is 4.28. The molecule has 0 aliphatic carbocycles. The molecule has 2 nitrogen and oxygen atoms in total. The molecule has 0 N–H and O–H groups in total. The zero-order valence-corrected chi connectivity index (χ0v) is 14.0. The van der Waals surface area contributed by atoms with E-state index < -0.39 is 0 Å². The van der Waals surface area contributed by atoms with Crippen LogP contribution in [-0.4, -0.2) is 19.5 Å². The topological polar surface area (TPSA) is 26.3 Å². The van der Waals surface area contributed by atoms with Crippen molar-refractivity contribution in [3.05, 3.63) is 56.2 Å². The highest BCUT2D eigenvalue weighted by Gasteiger charge is 2.18. The summed E-state index contributed by atoms with van der Waals surface area (Å²) in [4.78, 5) is 13.3. The normalized spacial score (nSPS) is 15.9. The summed E-state index contributed by atoms with van der Waals surface area (Å²) in [6.07, 6.45) is 5.08. The molecule has 0 amide bonds. The summed E-state index contributed by atoms with van der Waals surface area (Å²) in [7, 11) is 0. The van der Waals surface area contributed by atoms with Crippen molar-refractivity contribution in [3.8, 4) is 0 Å². The van der Waals surface area contributed by atoms with E-state index in [2.05, 4.69) is 6.07 Å². The highest BCUT2D eigenvalue weighted by molar-refractivity contribution is 7.13. The lowest BCUT2D eigenvalue weighted by Crippen LogP contribution is -2.17. The van der Waals surface area contributed by atoms with Crippen LogP contribution in [0.1, 0.15) is 38.5 Å². The number of hydrogen-bond donors (Lipinski definition) is 0. The Hall–Kier alpha value is -1.16. The molecule has 0 saturated carbocycles. The van der Waals surface area contributed by atoms with E-state index in [9.17, 15) is 4.79 Å². The Morgan fingerprint density at radius 2 is 2.09 bits per heavy atom. The van der Waals surface area contributed by atoms with E-state index in [1.807, 2.05) is 24.3 Å². The third kappa shape index (κ3) is 3.97. The van der Waals surface area contributed by atoms with Crippen molar-refractivity contribution in [2.75, 3.05) is 13.2 Å². The first-order valence-electron chi connectivity index (χ1n) is 7.63. The first-order valence-corrected chi connectivity index (χ1v) is 8.83. The Morgan fingerprint density at radius 3 is 2.82 bits per heavy atom. The maximum atomic E-state index is 11.1. The van der Waals surface area contributed by atoms with Crippen LogP contribution in [0.15, 0.2) is 30.3 Å². The molecule has 1 aromatic heterocycles. The van der Waals surface area contributed by atoms with E-state index in [1.54, 1.807) is 11.3 Å². The van der Waals surface area contributed by atoms with Gasteiger partial charge in [-0.3, -0.25) is 4.79 Å². The smallest absolute Gasteiger partial charge is 0.160 e. The molecule has 2 aromatic rings. The molecule has 4 heteroatoms. The molecule has 3 rings (SSSR count). The van der Waals surface area contributed by atoms with Gasteiger partial charge in [0.05, 0.1) is 4.88 Å². The first kappa shape index (κ1) is 15.7. The minimum Gasteiger partial charge on any atom is -0.381 e. The number of hydrogen-bond acceptors (Lipinski definition) is 3. The van der Waals surface area contributed by atoms with Crippen LogP contribution in [0.5, 0.6) is 0 Å². The van der Waals surface area contributed by atoms with Gasteiger partial charge in [0.2, 0.25) is 0 Å². The third-order valence-corrected chi connectivity index (χ3v) is 5.49. The van der Waals surface area contributed by atoms with Crippen LogP contribution in [0.25, 0.3) is 0 Å². The van der Waals surface area contributed by atoms with Crippen molar-refractivity contribution in [3.63, 3.8) is 0 Å². The Labute approximate surface area is 140 Å². The number of aldehydes is 1. The predicted molar refractivity (Wildman–Crippen MR) is 91.2 cm³/mol. The predicted octanol–water partition coefficient (Wildman–Crippen LogP) is 4.77. The van der Waals surface area contributed by atoms with E-state index in [4.69, 9.17) is 16.3 Å². The zero-order chi connectivity index (χ0) is 15.4. The molecular formula is C18H19ClO2S. The van der Waals surface area contributed by atoms with Crippen LogP contribution < -0.4 is 0 Å². The number of benzene rings is 1. The summed E-state index contributed by atoms with van der Waals surface area (Å²) < 4.78 is 5.44. The Kier molecular flexibility index (Phi) is 5.29. The lowest BCUT2D eigenvalue weighted by Gasteiger charge is -2.21. The van der Waals surface area contributed by atoms with E-state index in [1.165, 1.54) is 16.0 Å². The van der Waals surface area contributed by atoms with Gasteiger partial charge in [0.1, 0.15) is 0 Å². The molecule has 0 unspecified atom stereocenters. The highest BCUT2D eigenvalue weighted by Crippen LogP contribution is 2.30. The maximum absolute atomic E-state index is 11.1. The number of halogens is 1. The Bertz CT molecular complexity index is 644. The number of carbonyl (C=O) groups excluding carboxylic acids is 1. The Balaban J connectivity index is 1.79. The van der Waals surface area contributed by atoms with E-state index in [-0.39, 0.29) is 0 Å². The monoisotopic (exact) mass is 334 g/mol. The highest BCUT2D eigenvalue weighted by atomic mass is 35.5. The van der Waals surface area contributed by atoms with E-state index in [0.717, 1.165) is 55.1 Å². The van der Waals surface area contributed by atoms with Gasteiger partial charge < -0.3 is 4.74 Å². The van der Waals surface area contributed by atoms with Gasteiger partial charge in [-0.15, -0.1) is 11.3 Å². The number of rotatable bonds is 5. The van der Waals surface area contributed by atoms with Crippen molar-refractivity contribution < 1.29 is 9.53 Å². The molecule has 1 aromatic carbocycles. The van der Waals surface area contributed by atoms with Crippen LogP contribution in [0, 0.1) is 5.92 Å². The first-order chi connectivity index (χ1) is 10.7. The average Bonchev–Trinajstić information content (AvgIpc) is 2.90. The quantitative estimate of drug-likeness (QED) is 0.736. The van der Waals surface area contributed by atoms with Crippen molar-refractivity contribution in [2.24, 2.45) is 5.92 Å². The van der Waals surface area contributed by atoms with E-state index in [0.29, 0.717) is 5.92 Å². The second kappa shape index (κ2) is 7.40. The molecule has 1 saturated heterocycles.